The summed E-state index contributed by atoms with van der Waals surface area (Å²) < 4.78 is 0. The molecule has 0 fully saturated rings. The molecule has 1 aromatic rings. The van der Waals surface area contributed by atoms with Crippen molar-refractivity contribution in [3.8, 4) is 5.75 Å². The number of carbonyl (C=O) groups is 2. The van der Waals surface area contributed by atoms with Crippen LogP contribution in [0.15, 0.2) is 18.2 Å². The van der Waals surface area contributed by atoms with Gasteiger partial charge in [-0.1, -0.05) is 11.6 Å². The second-order valence-corrected chi connectivity index (χ2v) is 3.89. The monoisotopic (exact) mass is 272 g/mol. The van der Waals surface area contributed by atoms with Crippen molar-refractivity contribution in [3.05, 3.63) is 23.2 Å². The number of amides is 2. The highest BCUT2D eigenvalue weighted by molar-refractivity contribution is 6.40. The number of hydrogen-bond donors (Lipinski definition) is 4. The fourth-order valence-electron chi connectivity index (χ4n) is 1.15. The number of phenolic OH excluding ortho intramolecular Hbond substituents is 1. The fourth-order valence-corrected chi connectivity index (χ4v) is 1.32. The van der Waals surface area contributed by atoms with Crippen LogP contribution in [0.1, 0.15) is 6.42 Å². The number of hydrogen-bond acceptors (Lipinski definition) is 4. The molecule has 0 spiro atoms. The van der Waals surface area contributed by atoms with Crippen LogP contribution in [0.4, 0.5) is 5.69 Å². The number of benzene rings is 1. The Hall–Kier alpha value is -1.79. The van der Waals surface area contributed by atoms with Gasteiger partial charge in [0.1, 0.15) is 5.75 Å². The molecule has 0 heterocycles. The van der Waals surface area contributed by atoms with Gasteiger partial charge in [-0.05, 0) is 24.6 Å². The van der Waals surface area contributed by atoms with Crippen molar-refractivity contribution in [1.82, 2.24) is 5.32 Å². The summed E-state index contributed by atoms with van der Waals surface area (Å²) in [6, 6.07) is 4.09. The molecule has 0 aliphatic heterocycles. The minimum absolute atomic E-state index is 0.0600. The number of aliphatic hydroxyl groups is 1. The molecular formula is C11H13ClN2O4. The molecule has 0 radical (unpaired) electrons. The molecule has 98 valence electrons. The van der Waals surface area contributed by atoms with Gasteiger partial charge in [-0.3, -0.25) is 9.59 Å². The molecular weight excluding hydrogens is 260 g/mol. The number of phenols is 1. The van der Waals surface area contributed by atoms with E-state index in [9.17, 15) is 14.7 Å². The van der Waals surface area contributed by atoms with E-state index in [4.69, 9.17) is 16.7 Å². The molecule has 0 aromatic heterocycles. The predicted octanol–water partition coefficient (Wildman–Crippen LogP) is 0.483. The maximum Gasteiger partial charge on any atom is 0.313 e. The lowest BCUT2D eigenvalue weighted by Gasteiger charge is -2.07. The number of anilines is 1. The van der Waals surface area contributed by atoms with Gasteiger partial charge >= 0.3 is 11.8 Å². The van der Waals surface area contributed by atoms with Gasteiger partial charge in [0.15, 0.2) is 0 Å². The van der Waals surface area contributed by atoms with E-state index in [1.807, 2.05) is 0 Å². The smallest absolute Gasteiger partial charge is 0.313 e. The van der Waals surface area contributed by atoms with Gasteiger partial charge in [-0.2, -0.15) is 0 Å². The number of aliphatic hydroxyl groups excluding tert-OH is 1. The van der Waals surface area contributed by atoms with Gasteiger partial charge in [0, 0.05) is 18.2 Å². The van der Waals surface area contributed by atoms with Crippen LogP contribution in [-0.4, -0.2) is 35.2 Å². The van der Waals surface area contributed by atoms with Crippen molar-refractivity contribution in [3.63, 3.8) is 0 Å². The van der Waals surface area contributed by atoms with E-state index < -0.39 is 11.8 Å². The van der Waals surface area contributed by atoms with Crippen molar-refractivity contribution in [1.29, 1.82) is 0 Å². The van der Waals surface area contributed by atoms with Crippen LogP contribution < -0.4 is 10.6 Å². The largest absolute Gasteiger partial charge is 0.506 e. The number of aromatic hydroxyl groups is 1. The van der Waals surface area contributed by atoms with Gasteiger partial charge in [-0.25, -0.2) is 0 Å². The van der Waals surface area contributed by atoms with Crippen molar-refractivity contribution in [2.45, 2.75) is 6.42 Å². The van der Waals surface area contributed by atoms with Gasteiger partial charge < -0.3 is 20.8 Å². The minimum Gasteiger partial charge on any atom is -0.506 e. The van der Waals surface area contributed by atoms with E-state index in [0.717, 1.165) is 0 Å². The van der Waals surface area contributed by atoms with E-state index in [2.05, 4.69) is 10.6 Å². The maximum absolute atomic E-state index is 11.4. The summed E-state index contributed by atoms with van der Waals surface area (Å²) in [5, 5.41) is 22.8. The minimum atomic E-state index is -0.912. The Balaban J connectivity index is 2.58. The van der Waals surface area contributed by atoms with Crippen LogP contribution >= 0.6 is 11.6 Å². The first-order valence-electron chi connectivity index (χ1n) is 5.23. The average Bonchev–Trinajstić information content (AvgIpc) is 2.34. The first-order chi connectivity index (χ1) is 8.54. The lowest BCUT2D eigenvalue weighted by atomic mass is 10.3. The topological polar surface area (TPSA) is 98.7 Å². The molecule has 0 aliphatic carbocycles. The van der Waals surface area contributed by atoms with Crippen molar-refractivity contribution >= 4 is 29.1 Å². The third kappa shape index (κ3) is 4.23. The Morgan fingerprint density at radius 3 is 2.67 bits per heavy atom. The molecule has 0 bridgehead atoms. The summed E-state index contributed by atoms with van der Waals surface area (Å²) in [7, 11) is 0. The van der Waals surface area contributed by atoms with E-state index in [1.54, 1.807) is 0 Å². The van der Waals surface area contributed by atoms with Crippen LogP contribution in [0.2, 0.25) is 5.02 Å². The highest BCUT2D eigenvalue weighted by Crippen LogP contribution is 2.26. The zero-order chi connectivity index (χ0) is 13.5. The third-order valence-electron chi connectivity index (χ3n) is 2.03. The Labute approximate surface area is 109 Å². The summed E-state index contributed by atoms with van der Waals surface area (Å²) in [4.78, 5) is 22.7. The van der Waals surface area contributed by atoms with Crippen LogP contribution in [-0.2, 0) is 9.59 Å². The summed E-state index contributed by atoms with van der Waals surface area (Å²) in [6.45, 7) is 0.126. The molecule has 0 saturated heterocycles. The van der Waals surface area contributed by atoms with E-state index in [0.29, 0.717) is 11.4 Å². The second kappa shape index (κ2) is 6.83. The van der Waals surface area contributed by atoms with Crippen LogP contribution in [0, 0.1) is 0 Å². The molecule has 18 heavy (non-hydrogen) atoms. The van der Waals surface area contributed by atoms with Crippen LogP contribution in [0.25, 0.3) is 0 Å². The molecule has 4 N–H and O–H groups in total. The lowest BCUT2D eigenvalue weighted by Crippen LogP contribution is -2.36. The maximum atomic E-state index is 11.4. The van der Waals surface area contributed by atoms with Crippen molar-refractivity contribution in [2.24, 2.45) is 0 Å². The highest BCUT2D eigenvalue weighted by Gasteiger charge is 2.14. The molecule has 0 saturated carbocycles. The van der Waals surface area contributed by atoms with Gasteiger partial charge in [0.05, 0.1) is 5.69 Å². The molecule has 1 rings (SSSR count). The Kier molecular flexibility index (Phi) is 5.41. The van der Waals surface area contributed by atoms with Crippen molar-refractivity contribution in [2.75, 3.05) is 18.5 Å². The zero-order valence-corrected chi connectivity index (χ0v) is 10.2. The molecule has 1 aromatic carbocycles. The summed E-state index contributed by atoms with van der Waals surface area (Å²) in [6.07, 6.45) is 0.363. The SMILES string of the molecule is O=C(NCCCO)C(=O)Nc1cc(Cl)ccc1O. The van der Waals surface area contributed by atoms with Crippen LogP contribution in [0.5, 0.6) is 5.75 Å². The van der Waals surface area contributed by atoms with Gasteiger partial charge in [-0.15, -0.1) is 0 Å². The summed E-state index contributed by atoms with van der Waals surface area (Å²) >= 11 is 5.69. The molecule has 6 nitrogen and oxygen atoms in total. The number of nitrogens with one attached hydrogen (secondary N) is 2. The first-order valence-corrected chi connectivity index (χ1v) is 5.61. The lowest BCUT2D eigenvalue weighted by molar-refractivity contribution is -0.136. The first kappa shape index (κ1) is 14.3. The third-order valence-corrected chi connectivity index (χ3v) is 2.27. The zero-order valence-electron chi connectivity index (χ0n) is 9.44. The van der Waals surface area contributed by atoms with E-state index in [-0.39, 0.29) is 24.6 Å². The van der Waals surface area contributed by atoms with Crippen LogP contribution in [0.3, 0.4) is 0 Å². The number of carbonyl (C=O) groups excluding carboxylic acids is 2. The molecule has 2 amide bonds. The summed E-state index contributed by atoms with van der Waals surface area (Å²) in [5.41, 5.74) is 0.0600. The van der Waals surface area contributed by atoms with Gasteiger partial charge in [0.25, 0.3) is 0 Å². The molecule has 0 aliphatic rings. The van der Waals surface area contributed by atoms with E-state index >= 15 is 0 Å². The second-order valence-electron chi connectivity index (χ2n) is 3.45. The van der Waals surface area contributed by atoms with Crippen molar-refractivity contribution < 1.29 is 19.8 Å². The molecule has 0 atom stereocenters. The summed E-state index contributed by atoms with van der Waals surface area (Å²) in [5.74, 6) is -1.94. The van der Waals surface area contributed by atoms with Gasteiger partial charge in [0.2, 0.25) is 0 Å². The quantitative estimate of drug-likeness (QED) is 0.364. The normalized spacial score (nSPS) is 9.89. The molecule has 0 unspecified atom stereocenters. The Bertz CT molecular complexity index is 451. The fraction of sp³-hybridized carbons (Fsp3) is 0.273. The average molecular weight is 273 g/mol. The Morgan fingerprint density at radius 1 is 1.28 bits per heavy atom. The number of rotatable bonds is 4. The Morgan fingerprint density at radius 2 is 2.00 bits per heavy atom. The number of halogens is 1. The predicted molar refractivity (Wildman–Crippen MR) is 66.5 cm³/mol. The molecule has 7 heteroatoms. The van der Waals surface area contributed by atoms with E-state index in [1.165, 1.54) is 18.2 Å². The standard InChI is InChI=1S/C11H13ClN2O4/c12-7-2-3-9(16)8(6-7)14-11(18)10(17)13-4-1-5-15/h2-3,6,15-16H,1,4-5H2,(H,13,17)(H,14,18). The highest BCUT2D eigenvalue weighted by atomic mass is 35.5.